The van der Waals surface area contributed by atoms with Crippen LogP contribution in [0.25, 0.3) is 0 Å². The molecule has 0 aliphatic heterocycles. The van der Waals surface area contributed by atoms with Crippen LogP contribution in [0.15, 0.2) is 23.3 Å². The number of hydrazone groups is 1. The third-order valence-corrected chi connectivity index (χ3v) is 2.72. The van der Waals surface area contributed by atoms with Gasteiger partial charge in [-0.25, -0.2) is 5.43 Å². The zero-order chi connectivity index (χ0) is 16.9. The lowest BCUT2D eigenvalue weighted by atomic mass is 10.1. The molecular weight excluding hydrogens is 306 g/mol. The Labute approximate surface area is 134 Å². The van der Waals surface area contributed by atoms with E-state index in [2.05, 4.69) is 15.8 Å². The molecule has 0 bridgehead atoms. The van der Waals surface area contributed by atoms with E-state index in [-0.39, 0.29) is 29.2 Å². The molecule has 0 radical (unpaired) electrons. The van der Waals surface area contributed by atoms with Crippen LogP contribution in [0, 0.1) is 0 Å². The lowest BCUT2D eigenvalue weighted by Gasteiger charge is -2.20. The first-order valence-electron chi connectivity index (χ1n) is 6.71. The first-order valence-corrected chi connectivity index (χ1v) is 7.09. The van der Waals surface area contributed by atoms with Gasteiger partial charge in [0.05, 0.1) is 12.0 Å². The van der Waals surface area contributed by atoms with E-state index in [0.29, 0.717) is 10.7 Å². The minimum absolute atomic E-state index is 0.0168. The van der Waals surface area contributed by atoms with Crippen molar-refractivity contribution in [2.75, 3.05) is 0 Å². The van der Waals surface area contributed by atoms with Crippen molar-refractivity contribution in [1.82, 2.24) is 10.7 Å². The van der Waals surface area contributed by atoms with Crippen LogP contribution in [0.5, 0.6) is 5.75 Å². The van der Waals surface area contributed by atoms with Crippen molar-refractivity contribution in [2.24, 2.45) is 5.10 Å². The van der Waals surface area contributed by atoms with Crippen LogP contribution in [0.2, 0.25) is 5.02 Å². The Morgan fingerprint density at radius 2 is 1.95 bits per heavy atom. The van der Waals surface area contributed by atoms with Crippen molar-refractivity contribution in [3.63, 3.8) is 0 Å². The van der Waals surface area contributed by atoms with Gasteiger partial charge in [0.15, 0.2) is 0 Å². The van der Waals surface area contributed by atoms with Crippen molar-refractivity contribution in [2.45, 2.75) is 39.7 Å². The van der Waals surface area contributed by atoms with Crippen LogP contribution < -0.4 is 10.7 Å². The highest BCUT2D eigenvalue weighted by Gasteiger charge is 2.15. The summed E-state index contributed by atoms with van der Waals surface area (Å²) in [5.41, 5.74) is 2.42. The first kappa shape index (κ1) is 18.0. The third-order valence-electron chi connectivity index (χ3n) is 2.48. The molecule has 0 heterocycles. The maximum atomic E-state index is 11.9. The predicted octanol–water partition coefficient (Wildman–Crippen LogP) is 2.46. The third kappa shape index (κ3) is 6.13. The average molecular weight is 326 g/mol. The fourth-order valence-electron chi connectivity index (χ4n) is 1.63. The molecule has 0 spiro atoms. The molecule has 0 unspecified atom stereocenters. The monoisotopic (exact) mass is 325 g/mol. The number of rotatable bonds is 4. The van der Waals surface area contributed by atoms with E-state index in [9.17, 15) is 14.7 Å². The minimum atomic E-state index is -0.601. The number of benzene rings is 1. The van der Waals surface area contributed by atoms with Crippen LogP contribution in [0.3, 0.4) is 0 Å². The number of hydrogen-bond donors (Lipinski definition) is 3. The minimum Gasteiger partial charge on any atom is -0.507 e. The second-order valence-corrected chi connectivity index (χ2v) is 6.36. The van der Waals surface area contributed by atoms with Gasteiger partial charge in [0.2, 0.25) is 5.91 Å². The number of nitrogens with zero attached hydrogens (tertiary/aromatic N) is 1. The summed E-state index contributed by atoms with van der Waals surface area (Å²) in [6.07, 6.45) is 0.0685. The summed E-state index contributed by atoms with van der Waals surface area (Å²) in [6.45, 7) is 7.25. The fourth-order valence-corrected chi connectivity index (χ4v) is 1.80. The van der Waals surface area contributed by atoms with Crippen molar-refractivity contribution < 1.29 is 14.7 Å². The Morgan fingerprint density at radius 1 is 1.32 bits per heavy atom. The van der Waals surface area contributed by atoms with Crippen LogP contribution in [-0.2, 0) is 4.79 Å². The summed E-state index contributed by atoms with van der Waals surface area (Å²) >= 11 is 5.77. The largest absolute Gasteiger partial charge is 0.507 e. The van der Waals surface area contributed by atoms with Crippen molar-refractivity contribution in [1.29, 1.82) is 0 Å². The van der Waals surface area contributed by atoms with Gasteiger partial charge in [-0.2, -0.15) is 5.10 Å². The Bertz CT molecular complexity index is 607. The average Bonchev–Trinajstić information content (AvgIpc) is 2.36. The molecule has 3 N–H and O–H groups in total. The lowest BCUT2D eigenvalue weighted by molar-refractivity contribution is -0.121. The highest BCUT2D eigenvalue weighted by Crippen LogP contribution is 2.21. The number of nitrogens with one attached hydrogen (secondary N) is 2. The summed E-state index contributed by atoms with van der Waals surface area (Å²) in [6, 6.07) is 4.13. The Kier molecular flexibility index (Phi) is 5.93. The van der Waals surface area contributed by atoms with Crippen LogP contribution >= 0.6 is 11.6 Å². The molecule has 0 fully saturated rings. The highest BCUT2D eigenvalue weighted by atomic mass is 35.5. The summed E-state index contributed by atoms with van der Waals surface area (Å²) < 4.78 is 0. The van der Waals surface area contributed by atoms with E-state index in [1.807, 2.05) is 20.8 Å². The molecule has 0 aliphatic carbocycles. The number of halogens is 1. The van der Waals surface area contributed by atoms with E-state index < -0.39 is 5.91 Å². The zero-order valence-corrected chi connectivity index (χ0v) is 13.8. The van der Waals surface area contributed by atoms with E-state index >= 15 is 0 Å². The van der Waals surface area contributed by atoms with Gasteiger partial charge in [0.25, 0.3) is 5.91 Å². The van der Waals surface area contributed by atoms with Gasteiger partial charge < -0.3 is 10.4 Å². The Morgan fingerprint density at radius 3 is 2.55 bits per heavy atom. The van der Waals surface area contributed by atoms with E-state index in [1.54, 1.807) is 6.92 Å². The summed E-state index contributed by atoms with van der Waals surface area (Å²) in [7, 11) is 0. The summed E-state index contributed by atoms with van der Waals surface area (Å²) in [5.74, 6) is -0.982. The second kappa shape index (κ2) is 7.26. The molecule has 0 atom stereocenters. The molecule has 0 aliphatic rings. The number of amides is 2. The molecule has 0 saturated carbocycles. The molecule has 6 nitrogen and oxygen atoms in total. The standard InChI is InChI=1S/C15H20ClN3O3/c1-9(7-13(21)17-15(2,3)4)18-19-14(22)11-8-10(16)5-6-12(11)20/h5-6,8,20H,7H2,1-4H3,(H,17,21)(H,19,22)/b18-9-. The molecule has 0 saturated heterocycles. The van der Waals surface area contributed by atoms with Gasteiger partial charge in [0, 0.05) is 16.3 Å². The lowest BCUT2D eigenvalue weighted by Crippen LogP contribution is -2.41. The number of phenolic OH excluding ortho intramolecular Hbond substituents is 1. The Hall–Kier alpha value is -2.08. The smallest absolute Gasteiger partial charge is 0.275 e. The SMILES string of the molecule is C/C(CC(=O)NC(C)(C)C)=N/NC(=O)c1cc(Cl)ccc1O. The second-order valence-electron chi connectivity index (χ2n) is 5.92. The molecule has 0 aromatic heterocycles. The number of carbonyl (C=O) groups excluding carboxylic acids is 2. The normalized spacial score (nSPS) is 12.0. The molecule has 22 heavy (non-hydrogen) atoms. The van der Waals surface area contributed by atoms with Crippen molar-refractivity contribution in [3.8, 4) is 5.75 Å². The number of phenols is 1. The molecule has 2 amide bonds. The van der Waals surface area contributed by atoms with Crippen molar-refractivity contribution in [3.05, 3.63) is 28.8 Å². The predicted molar refractivity (Wildman–Crippen MR) is 86.2 cm³/mol. The molecule has 1 aromatic carbocycles. The molecule has 1 aromatic rings. The van der Waals surface area contributed by atoms with Crippen LogP contribution in [0.4, 0.5) is 0 Å². The summed E-state index contributed by atoms with van der Waals surface area (Å²) in [4.78, 5) is 23.6. The molecule has 120 valence electrons. The van der Waals surface area contributed by atoms with Crippen molar-refractivity contribution >= 4 is 29.1 Å². The quantitative estimate of drug-likeness (QED) is 0.586. The van der Waals surface area contributed by atoms with E-state index in [4.69, 9.17) is 11.6 Å². The highest BCUT2D eigenvalue weighted by molar-refractivity contribution is 6.31. The first-order chi connectivity index (χ1) is 10.1. The van der Waals surface area contributed by atoms with Gasteiger partial charge in [-0.1, -0.05) is 11.6 Å². The van der Waals surface area contributed by atoms with E-state index in [1.165, 1.54) is 18.2 Å². The van der Waals surface area contributed by atoms with Gasteiger partial charge >= 0.3 is 0 Å². The number of carbonyl (C=O) groups is 2. The molecular formula is C15H20ClN3O3. The number of aromatic hydroxyl groups is 1. The van der Waals surface area contributed by atoms with Gasteiger partial charge in [-0.3, -0.25) is 9.59 Å². The van der Waals surface area contributed by atoms with Gasteiger partial charge in [-0.15, -0.1) is 0 Å². The molecule has 1 rings (SSSR count). The van der Waals surface area contributed by atoms with Crippen LogP contribution in [-0.4, -0.2) is 28.2 Å². The fraction of sp³-hybridized carbons (Fsp3) is 0.400. The number of hydrogen-bond acceptors (Lipinski definition) is 4. The zero-order valence-electron chi connectivity index (χ0n) is 13.0. The van der Waals surface area contributed by atoms with E-state index in [0.717, 1.165) is 0 Å². The maximum Gasteiger partial charge on any atom is 0.275 e. The summed E-state index contributed by atoms with van der Waals surface area (Å²) in [5, 5.41) is 16.6. The molecule has 7 heteroatoms. The topological polar surface area (TPSA) is 90.8 Å². The maximum absolute atomic E-state index is 11.9. The van der Waals surface area contributed by atoms with Crippen LogP contribution in [0.1, 0.15) is 44.5 Å². The Balaban J connectivity index is 2.65. The van der Waals surface area contributed by atoms with Gasteiger partial charge in [0.1, 0.15) is 5.75 Å². The van der Waals surface area contributed by atoms with Gasteiger partial charge in [-0.05, 0) is 45.9 Å².